The number of hydrogen-bond donors (Lipinski definition) is 0. The first-order valence-electron chi connectivity index (χ1n) is 8.76. The summed E-state index contributed by atoms with van der Waals surface area (Å²) in [4.78, 5) is 16.7. The summed E-state index contributed by atoms with van der Waals surface area (Å²) in [7, 11) is 2.13. The van der Waals surface area contributed by atoms with Crippen LogP contribution in [0.4, 0.5) is 4.39 Å². The van der Waals surface area contributed by atoms with Crippen LogP contribution in [0.25, 0.3) is 0 Å². The van der Waals surface area contributed by atoms with Gasteiger partial charge in [-0.2, -0.15) is 0 Å². The van der Waals surface area contributed by atoms with Gasteiger partial charge in [-0.1, -0.05) is 12.1 Å². The molecule has 1 aromatic heterocycles. The largest absolute Gasteiger partial charge is 0.333 e. The van der Waals surface area contributed by atoms with Gasteiger partial charge in [0.05, 0.1) is 19.0 Å². The van der Waals surface area contributed by atoms with E-state index in [1.807, 2.05) is 4.90 Å². The van der Waals surface area contributed by atoms with Gasteiger partial charge in [-0.25, -0.2) is 4.39 Å². The second kappa shape index (κ2) is 6.55. The minimum absolute atomic E-state index is 0.0420. The molecule has 0 N–H and O–H groups in total. The lowest BCUT2D eigenvalue weighted by molar-refractivity contribution is -0.132. The maximum atomic E-state index is 13.0. The Balaban J connectivity index is 1.45. The van der Waals surface area contributed by atoms with E-state index in [0.29, 0.717) is 19.1 Å². The number of carbonyl (C=O) groups excluding carboxylic acids is 1. The number of carbonyl (C=O) groups is 1. The normalized spacial score (nSPS) is 20.7. The second-order valence-electron chi connectivity index (χ2n) is 6.88. The summed E-state index contributed by atoms with van der Waals surface area (Å²) < 4.78 is 15.2. The van der Waals surface area contributed by atoms with Crippen molar-refractivity contribution in [2.75, 3.05) is 20.1 Å². The van der Waals surface area contributed by atoms with Crippen LogP contribution >= 0.6 is 0 Å². The van der Waals surface area contributed by atoms with Crippen molar-refractivity contribution in [2.24, 2.45) is 0 Å². The zero-order valence-electron chi connectivity index (χ0n) is 14.4. The van der Waals surface area contributed by atoms with E-state index in [1.54, 1.807) is 12.1 Å². The zero-order chi connectivity index (χ0) is 17.4. The summed E-state index contributed by atoms with van der Waals surface area (Å²) in [5, 5.41) is 8.74. The molecular weight excluding hydrogens is 321 g/mol. The number of nitrogens with zero attached hydrogens (tertiary/aromatic N) is 5. The van der Waals surface area contributed by atoms with Crippen LogP contribution in [0, 0.1) is 5.82 Å². The first-order chi connectivity index (χ1) is 12.1. The Morgan fingerprint density at radius 2 is 2.00 bits per heavy atom. The summed E-state index contributed by atoms with van der Waals surface area (Å²) in [6, 6.07) is 6.43. The van der Waals surface area contributed by atoms with Crippen LogP contribution < -0.4 is 0 Å². The number of likely N-dealkylation sites (tertiary alicyclic amines) is 1. The minimum Gasteiger partial charge on any atom is -0.333 e. The van der Waals surface area contributed by atoms with Gasteiger partial charge < -0.3 is 9.47 Å². The molecule has 2 aliphatic heterocycles. The lowest BCUT2D eigenvalue weighted by Gasteiger charge is -2.29. The van der Waals surface area contributed by atoms with Gasteiger partial charge in [0.15, 0.2) is 11.6 Å². The van der Waals surface area contributed by atoms with E-state index < -0.39 is 0 Å². The van der Waals surface area contributed by atoms with Gasteiger partial charge in [0.25, 0.3) is 0 Å². The number of amides is 1. The molecule has 6 nitrogen and oxygen atoms in total. The van der Waals surface area contributed by atoms with E-state index in [9.17, 15) is 9.18 Å². The highest BCUT2D eigenvalue weighted by Gasteiger charge is 2.31. The lowest BCUT2D eigenvalue weighted by Crippen LogP contribution is -2.40. The summed E-state index contributed by atoms with van der Waals surface area (Å²) in [6.07, 6.45) is 2.58. The third kappa shape index (κ3) is 3.16. The Morgan fingerprint density at radius 3 is 2.72 bits per heavy atom. The third-order valence-corrected chi connectivity index (χ3v) is 5.22. The second-order valence-corrected chi connectivity index (χ2v) is 6.88. The van der Waals surface area contributed by atoms with Crippen molar-refractivity contribution >= 4 is 5.91 Å². The first kappa shape index (κ1) is 16.2. The first-order valence-corrected chi connectivity index (χ1v) is 8.76. The molecule has 2 aromatic rings. The van der Waals surface area contributed by atoms with E-state index in [4.69, 9.17) is 0 Å². The van der Waals surface area contributed by atoms with Crippen LogP contribution in [0.15, 0.2) is 24.3 Å². The van der Waals surface area contributed by atoms with Crippen molar-refractivity contribution in [3.8, 4) is 0 Å². The molecule has 1 atom stereocenters. The molecule has 1 fully saturated rings. The molecule has 2 aliphatic rings. The lowest BCUT2D eigenvalue weighted by atomic mass is 10.1. The molecule has 0 bridgehead atoms. The highest BCUT2D eigenvalue weighted by Crippen LogP contribution is 2.30. The highest BCUT2D eigenvalue weighted by molar-refractivity contribution is 5.78. The van der Waals surface area contributed by atoms with E-state index in [-0.39, 0.29) is 18.1 Å². The van der Waals surface area contributed by atoms with Crippen LogP contribution in [0.2, 0.25) is 0 Å². The van der Waals surface area contributed by atoms with Crippen LogP contribution in [0.5, 0.6) is 0 Å². The predicted molar refractivity (Wildman–Crippen MR) is 90.1 cm³/mol. The number of fused-ring (bicyclic) bond motifs is 1. The van der Waals surface area contributed by atoms with Crippen LogP contribution in [-0.2, 0) is 24.3 Å². The fraction of sp³-hybridized carbons (Fsp3) is 0.500. The Hall–Kier alpha value is -2.28. The van der Waals surface area contributed by atoms with Gasteiger partial charge in [0.1, 0.15) is 5.82 Å². The molecule has 1 amide bonds. The molecule has 1 aromatic carbocycles. The summed E-state index contributed by atoms with van der Waals surface area (Å²) in [5.74, 6) is 1.64. The molecule has 4 rings (SSSR count). The van der Waals surface area contributed by atoms with E-state index in [0.717, 1.165) is 36.7 Å². The molecule has 1 saturated heterocycles. The molecule has 7 heteroatoms. The molecule has 0 aliphatic carbocycles. The van der Waals surface area contributed by atoms with E-state index in [2.05, 4.69) is 26.7 Å². The van der Waals surface area contributed by atoms with Gasteiger partial charge in [0.2, 0.25) is 5.91 Å². The summed E-state index contributed by atoms with van der Waals surface area (Å²) in [5.41, 5.74) is 0.826. The molecule has 1 unspecified atom stereocenters. The zero-order valence-corrected chi connectivity index (χ0v) is 14.4. The summed E-state index contributed by atoms with van der Waals surface area (Å²) in [6.45, 7) is 2.98. The van der Waals surface area contributed by atoms with Crippen molar-refractivity contribution < 1.29 is 9.18 Å². The number of hydrogen-bond acceptors (Lipinski definition) is 4. The van der Waals surface area contributed by atoms with Crippen LogP contribution in [0.1, 0.15) is 36.1 Å². The Bertz CT molecular complexity index is 772. The average Bonchev–Trinajstić information content (AvgIpc) is 3.22. The Kier molecular flexibility index (Phi) is 4.25. The number of aromatic nitrogens is 3. The quantitative estimate of drug-likeness (QED) is 0.852. The fourth-order valence-corrected chi connectivity index (χ4v) is 3.76. The molecule has 0 radical (unpaired) electrons. The van der Waals surface area contributed by atoms with Gasteiger partial charge >= 0.3 is 0 Å². The van der Waals surface area contributed by atoms with E-state index in [1.165, 1.54) is 18.6 Å². The SMILES string of the molecule is CN1CCCC1c1nnc2n1CCN(C(=O)Cc1ccc(F)cc1)C2. The average molecular weight is 343 g/mol. The van der Waals surface area contributed by atoms with E-state index >= 15 is 0 Å². The van der Waals surface area contributed by atoms with Gasteiger partial charge in [0, 0.05) is 13.1 Å². The summed E-state index contributed by atoms with van der Waals surface area (Å²) >= 11 is 0. The topological polar surface area (TPSA) is 54.3 Å². The maximum Gasteiger partial charge on any atom is 0.227 e. The Morgan fingerprint density at radius 1 is 1.20 bits per heavy atom. The number of benzene rings is 1. The molecule has 0 spiro atoms. The molecule has 132 valence electrons. The predicted octanol–water partition coefficient (Wildman–Crippen LogP) is 1.77. The molecule has 0 saturated carbocycles. The Labute approximate surface area is 146 Å². The smallest absolute Gasteiger partial charge is 0.227 e. The van der Waals surface area contributed by atoms with Gasteiger partial charge in [-0.05, 0) is 44.1 Å². The molecule has 25 heavy (non-hydrogen) atoms. The van der Waals surface area contributed by atoms with Crippen molar-refractivity contribution in [3.63, 3.8) is 0 Å². The van der Waals surface area contributed by atoms with Crippen molar-refractivity contribution in [1.29, 1.82) is 0 Å². The standard InChI is InChI=1S/C18H22FN5O/c1-22-8-2-3-15(22)18-21-20-16-12-23(9-10-24(16)18)17(25)11-13-4-6-14(19)7-5-13/h4-7,15H,2-3,8-12H2,1H3. The third-order valence-electron chi connectivity index (χ3n) is 5.22. The minimum atomic E-state index is -0.285. The highest BCUT2D eigenvalue weighted by atomic mass is 19.1. The number of halogens is 1. The molecule has 3 heterocycles. The fourth-order valence-electron chi connectivity index (χ4n) is 3.76. The number of rotatable bonds is 3. The van der Waals surface area contributed by atoms with Gasteiger partial charge in [-0.15, -0.1) is 10.2 Å². The van der Waals surface area contributed by atoms with Crippen LogP contribution in [0.3, 0.4) is 0 Å². The van der Waals surface area contributed by atoms with Crippen molar-refractivity contribution in [2.45, 2.75) is 38.4 Å². The maximum absolute atomic E-state index is 13.0. The van der Waals surface area contributed by atoms with Crippen molar-refractivity contribution in [3.05, 3.63) is 47.3 Å². The van der Waals surface area contributed by atoms with Crippen LogP contribution in [-0.4, -0.2) is 50.6 Å². The van der Waals surface area contributed by atoms with Crippen molar-refractivity contribution in [1.82, 2.24) is 24.6 Å². The molecular formula is C18H22FN5O. The van der Waals surface area contributed by atoms with Gasteiger partial charge in [-0.3, -0.25) is 9.69 Å². The monoisotopic (exact) mass is 343 g/mol.